The van der Waals surface area contributed by atoms with Crippen molar-refractivity contribution in [2.45, 2.75) is 58.7 Å². The van der Waals surface area contributed by atoms with Crippen LogP contribution in [0, 0.1) is 11.8 Å². The molecule has 1 fully saturated rings. The van der Waals surface area contributed by atoms with Gasteiger partial charge in [-0.25, -0.2) is 0 Å². The normalized spacial score (nSPS) is 24.7. The molecule has 2 aromatic carbocycles. The van der Waals surface area contributed by atoms with Crippen LogP contribution < -0.4 is 10.1 Å². The maximum Gasteiger partial charge on any atom is 0.119 e. The molecule has 0 aliphatic heterocycles. The smallest absolute Gasteiger partial charge is 0.119 e. The second kappa shape index (κ2) is 8.53. The third kappa shape index (κ3) is 5.34. The number of nitrogens with one attached hydrogen (secondary N) is 1. The molecular weight excluding hydrogens is 306 g/mol. The molecule has 0 amide bonds. The summed E-state index contributed by atoms with van der Waals surface area (Å²) in [6.07, 6.45) is 3.97. The van der Waals surface area contributed by atoms with Crippen molar-refractivity contribution in [3.8, 4) is 5.75 Å². The van der Waals surface area contributed by atoms with Crippen molar-refractivity contribution in [1.82, 2.24) is 5.32 Å². The minimum Gasteiger partial charge on any atom is -0.489 e. The fourth-order valence-electron chi connectivity index (χ4n) is 4.13. The summed E-state index contributed by atoms with van der Waals surface area (Å²) in [5.74, 6) is 2.60. The van der Waals surface area contributed by atoms with Crippen LogP contribution in [-0.4, -0.2) is 6.04 Å². The van der Waals surface area contributed by atoms with Crippen LogP contribution in [0.2, 0.25) is 0 Å². The maximum atomic E-state index is 5.88. The Balaban J connectivity index is 1.52. The van der Waals surface area contributed by atoms with E-state index in [1.54, 1.807) is 0 Å². The Labute approximate surface area is 152 Å². The Hall–Kier alpha value is -1.80. The summed E-state index contributed by atoms with van der Waals surface area (Å²) in [7, 11) is 0. The molecule has 2 heteroatoms. The van der Waals surface area contributed by atoms with Gasteiger partial charge in [0.25, 0.3) is 0 Å². The number of rotatable bonds is 6. The molecule has 1 aliphatic rings. The van der Waals surface area contributed by atoms with Gasteiger partial charge in [-0.1, -0.05) is 56.3 Å². The molecule has 2 nitrogen and oxygen atoms in total. The van der Waals surface area contributed by atoms with Crippen LogP contribution in [0.25, 0.3) is 0 Å². The molecule has 134 valence electrons. The number of hydrogen-bond acceptors (Lipinski definition) is 2. The Morgan fingerprint density at radius 2 is 1.56 bits per heavy atom. The van der Waals surface area contributed by atoms with Gasteiger partial charge in [-0.05, 0) is 61.3 Å². The molecule has 1 saturated carbocycles. The zero-order valence-corrected chi connectivity index (χ0v) is 15.7. The van der Waals surface area contributed by atoms with Crippen molar-refractivity contribution in [3.63, 3.8) is 0 Å². The molecule has 0 bridgehead atoms. The monoisotopic (exact) mass is 337 g/mol. The molecule has 0 saturated heterocycles. The topological polar surface area (TPSA) is 21.3 Å². The van der Waals surface area contributed by atoms with E-state index in [9.17, 15) is 0 Å². The fraction of sp³-hybridized carbons (Fsp3) is 0.478. The molecule has 1 N–H and O–H groups in total. The summed E-state index contributed by atoms with van der Waals surface area (Å²) in [6, 6.07) is 19.9. The molecule has 1 aliphatic carbocycles. The zero-order valence-electron chi connectivity index (χ0n) is 15.7. The maximum absolute atomic E-state index is 5.88. The molecule has 2 aromatic rings. The third-order valence-corrected chi connectivity index (χ3v) is 5.29. The summed E-state index contributed by atoms with van der Waals surface area (Å²) < 4.78 is 5.88. The van der Waals surface area contributed by atoms with Gasteiger partial charge < -0.3 is 10.1 Å². The number of benzene rings is 2. The van der Waals surface area contributed by atoms with Crippen molar-refractivity contribution in [1.29, 1.82) is 0 Å². The first-order valence-electron chi connectivity index (χ1n) is 9.63. The lowest BCUT2D eigenvalue weighted by atomic mass is 9.80. The lowest BCUT2D eigenvalue weighted by Gasteiger charge is -2.34. The highest BCUT2D eigenvalue weighted by Gasteiger charge is 2.24. The summed E-state index contributed by atoms with van der Waals surface area (Å²) in [6.45, 7) is 7.65. The zero-order chi connectivity index (χ0) is 17.6. The molecule has 3 atom stereocenters. The number of ether oxygens (including phenoxy) is 1. The van der Waals surface area contributed by atoms with Crippen molar-refractivity contribution in [2.24, 2.45) is 11.8 Å². The Morgan fingerprint density at radius 3 is 2.20 bits per heavy atom. The first-order valence-corrected chi connectivity index (χ1v) is 9.63. The largest absolute Gasteiger partial charge is 0.489 e. The van der Waals surface area contributed by atoms with Crippen molar-refractivity contribution in [2.75, 3.05) is 0 Å². The van der Waals surface area contributed by atoms with Gasteiger partial charge in [0.2, 0.25) is 0 Å². The first-order chi connectivity index (χ1) is 12.1. The highest BCUT2D eigenvalue weighted by Crippen LogP contribution is 2.30. The van der Waals surface area contributed by atoms with E-state index in [2.05, 4.69) is 62.5 Å². The third-order valence-electron chi connectivity index (χ3n) is 5.29. The van der Waals surface area contributed by atoms with Crippen molar-refractivity contribution in [3.05, 3.63) is 65.7 Å². The second-order valence-corrected chi connectivity index (χ2v) is 7.85. The van der Waals surface area contributed by atoms with Gasteiger partial charge in [0.15, 0.2) is 0 Å². The summed E-state index contributed by atoms with van der Waals surface area (Å²) in [5, 5.41) is 3.83. The van der Waals surface area contributed by atoms with E-state index >= 15 is 0 Å². The molecule has 3 rings (SSSR count). The second-order valence-electron chi connectivity index (χ2n) is 7.85. The van der Waals surface area contributed by atoms with Crippen LogP contribution in [0.5, 0.6) is 5.75 Å². The predicted molar refractivity (Wildman–Crippen MR) is 105 cm³/mol. The Bertz CT molecular complexity index is 627. The molecule has 25 heavy (non-hydrogen) atoms. The summed E-state index contributed by atoms with van der Waals surface area (Å²) >= 11 is 0. The van der Waals surface area contributed by atoms with E-state index in [-0.39, 0.29) is 0 Å². The fourth-order valence-corrected chi connectivity index (χ4v) is 4.13. The average molecular weight is 338 g/mol. The van der Waals surface area contributed by atoms with Crippen molar-refractivity contribution >= 4 is 0 Å². The van der Waals surface area contributed by atoms with Gasteiger partial charge in [0.1, 0.15) is 12.4 Å². The van der Waals surface area contributed by atoms with E-state index in [1.165, 1.54) is 30.4 Å². The van der Waals surface area contributed by atoms with Gasteiger partial charge in [-0.2, -0.15) is 0 Å². The van der Waals surface area contributed by atoms with E-state index in [4.69, 9.17) is 4.74 Å². The van der Waals surface area contributed by atoms with Crippen LogP contribution >= 0.6 is 0 Å². The average Bonchev–Trinajstić information content (AvgIpc) is 2.60. The minimum absolute atomic E-state index is 0.380. The Morgan fingerprint density at radius 1 is 0.920 bits per heavy atom. The van der Waals surface area contributed by atoms with Gasteiger partial charge in [-0.3, -0.25) is 0 Å². The van der Waals surface area contributed by atoms with E-state index in [0.29, 0.717) is 18.7 Å². The van der Waals surface area contributed by atoms with Crippen LogP contribution in [0.15, 0.2) is 54.6 Å². The van der Waals surface area contributed by atoms with E-state index in [0.717, 1.165) is 17.6 Å². The highest BCUT2D eigenvalue weighted by atomic mass is 16.5. The molecule has 0 spiro atoms. The van der Waals surface area contributed by atoms with Crippen LogP contribution in [-0.2, 0) is 6.61 Å². The lowest BCUT2D eigenvalue weighted by Crippen LogP contribution is -2.37. The summed E-state index contributed by atoms with van der Waals surface area (Å²) in [4.78, 5) is 0. The Kier molecular flexibility index (Phi) is 6.14. The molecule has 0 heterocycles. The van der Waals surface area contributed by atoms with Gasteiger partial charge in [0, 0.05) is 12.1 Å². The number of hydrogen-bond donors (Lipinski definition) is 1. The van der Waals surface area contributed by atoms with E-state index < -0.39 is 0 Å². The van der Waals surface area contributed by atoms with Crippen LogP contribution in [0.4, 0.5) is 0 Å². The predicted octanol–water partition coefficient (Wildman–Crippen LogP) is 5.74. The van der Waals surface area contributed by atoms with Gasteiger partial charge in [-0.15, -0.1) is 0 Å². The van der Waals surface area contributed by atoms with Gasteiger partial charge in [0.05, 0.1) is 0 Å². The standard InChI is InChI=1S/C23H31NO/c1-17-13-18(2)15-22(14-17)24-19(3)21-9-11-23(12-10-21)25-16-20-7-5-4-6-8-20/h4-12,17-19,22,24H,13-16H2,1-3H3. The SMILES string of the molecule is CC1CC(C)CC(NC(C)c2ccc(OCc3ccccc3)cc2)C1. The minimum atomic E-state index is 0.380. The molecular formula is C23H31NO. The molecule has 0 radical (unpaired) electrons. The molecule has 0 aromatic heterocycles. The first kappa shape index (κ1) is 18.0. The van der Waals surface area contributed by atoms with Crippen LogP contribution in [0.1, 0.15) is 57.2 Å². The van der Waals surface area contributed by atoms with E-state index in [1.807, 2.05) is 18.2 Å². The highest BCUT2D eigenvalue weighted by molar-refractivity contribution is 5.29. The van der Waals surface area contributed by atoms with Crippen LogP contribution in [0.3, 0.4) is 0 Å². The lowest BCUT2D eigenvalue weighted by molar-refractivity contribution is 0.228. The van der Waals surface area contributed by atoms with Crippen molar-refractivity contribution < 1.29 is 4.74 Å². The molecule has 3 unspecified atom stereocenters. The summed E-state index contributed by atoms with van der Waals surface area (Å²) in [5.41, 5.74) is 2.53. The quantitative estimate of drug-likeness (QED) is 0.725. The van der Waals surface area contributed by atoms with Gasteiger partial charge >= 0.3 is 0 Å².